The summed E-state index contributed by atoms with van der Waals surface area (Å²) in [4.78, 5) is 26.7. The van der Waals surface area contributed by atoms with E-state index in [1.165, 1.54) is 30.6 Å². The molecule has 8 nitrogen and oxygen atoms in total. The first kappa shape index (κ1) is 26.2. The molecule has 0 radical (unpaired) electrons. The van der Waals surface area contributed by atoms with Crippen molar-refractivity contribution in [2.45, 2.75) is 31.1 Å². The number of rotatable bonds is 9. The molecule has 3 aromatic rings. The zero-order chi connectivity index (χ0) is 25.9. The second-order valence-corrected chi connectivity index (χ2v) is 11.9. The molecule has 1 aliphatic rings. The van der Waals surface area contributed by atoms with Gasteiger partial charge >= 0.3 is 5.97 Å². The molecule has 36 heavy (non-hydrogen) atoms. The predicted molar refractivity (Wildman–Crippen MR) is 143 cm³/mol. The average molecular weight is 594 g/mol. The minimum Gasteiger partial charge on any atom is -0.494 e. The Morgan fingerprint density at radius 1 is 1.08 bits per heavy atom. The van der Waals surface area contributed by atoms with Crippen LogP contribution in [0.25, 0.3) is 0 Å². The molecule has 0 saturated carbocycles. The van der Waals surface area contributed by atoms with Crippen LogP contribution in [0.15, 0.2) is 57.9 Å². The van der Waals surface area contributed by atoms with Gasteiger partial charge in [0.25, 0.3) is 10.0 Å². The van der Waals surface area contributed by atoms with Gasteiger partial charge in [-0.3, -0.25) is 9.10 Å². The molecule has 0 aliphatic heterocycles. The molecule has 1 amide bonds. The maximum Gasteiger partial charge on any atom is 0.341 e. The first-order valence-electron chi connectivity index (χ1n) is 11.3. The highest BCUT2D eigenvalue weighted by Crippen LogP contribution is 2.39. The second-order valence-electron chi connectivity index (χ2n) is 7.99. The van der Waals surface area contributed by atoms with E-state index in [1.807, 2.05) is 6.92 Å². The van der Waals surface area contributed by atoms with E-state index in [1.54, 1.807) is 36.4 Å². The average Bonchev–Trinajstić information content (AvgIpc) is 3.44. The van der Waals surface area contributed by atoms with Crippen molar-refractivity contribution < 1.29 is 27.5 Å². The lowest BCUT2D eigenvalue weighted by Gasteiger charge is -2.24. The Kier molecular flexibility index (Phi) is 8.01. The molecule has 0 unspecified atom stereocenters. The Morgan fingerprint density at radius 2 is 1.78 bits per heavy atom. The third kappa shape index (κ3) is 5.42. The van der Waals surface area contributed by atoms with Crippen LogP contribution >= 0.6 is 27.3 Å². The van der Waals surface area contributed by atoms with Gasteiger partial charge in [0.1, 0.15) is 17.3 Å². The first-order chi connectivity index (χ1) is 17.2. The lowest BCUT2D eigenvalue weighted by atomic mass is 10.1. The van der Waals surface area contributed by atoms with E-state index in [0.717, 1.165) is 38.5 Å². The SMILES string of the molecule is CCOc1ccc(N(CC(=O)Nc2sc3c(c2C(=O)OC)CCC3)S(=O)(=O)c2ccc(Br)cc2)cc1. The van der Waals surface area contributed by atoms with Gasteiger partial charge in [-0.05, 0) is 80.3 Å². The second kappa shape index (κ2) is 11.0. The van der Waals surface area contributed by atoms with Crippen molar-refractivity contribution in [3.05, 3.63) is 69.0 Å². The zero-order valence-electron chi connectivity index (χ0n) is 19.7. The van der Waals surface area contributed by atoms with E-state index in [0.29, 0.717) is 28.6 Å². The van der Waals surface area contributed by atoms with E-state index >= 15 is 0 Å². The van der Waals surface area contributed by atoms with E-state index in [2.05, 4.69) is 21.2 Å². The molecule has 190 valence electrons. The molecule has 0 fully saturated rings. The van der Waals surface area contributed by atoms with Crippen molar-refractivity contribution >= 4 is 59.9 Å². The molecule has 4 rings (SSSR count). The van der Waals surface area contributed by atoms with Crippen LogP contribution < -0.4 is 14.4 Å². The summed E-state index contributed by atoms with van der Waals surface area (Å²) >= 11 is 4.65. The van der Waals surface area contributed by atoms with Crippen LogP contribution in [0, 0.1) is 0 Å². The zero-order valence-corrected chi connectivity index (χ0v) is 23.0. The molecule has 11 heteroatoms. The highest BCUT2D eigenvalue weighted by molar-refractivity contribution is 9.10. The summed E-state index contributed by atoms with van der Waals surface area (Å²) in [6.45, 7) is 1.83. The number of esters is 1. The van der Waals surface area contributed by atoms with Crippen LogP contribution in [0.1, 0.15) is 34.1 Å². The summed E-state index contributed by atoms with van der Waals surface area (Å²) in [6.07, 6.45) is 2.51. The molecule has 1 heterocycles. The van der Waals surface area contributed by atoms with Crippen molar-refractivity contribution in [2.75, 3.05) is 29.9 Å². The van der Waals surface area contributed by atoms with Gasteiger partial charge in [0.05, 0.1) is 29.9 Å². The third-order valence-corrected chi connectivity index (χ3v) is 9.21. The Morgan fingerprint density at radius 3 is 2.42 bits per heavy atom. The molecule has 1 aliphatic carbocycles. The highest BCUT2D eigenvalue weighted by atomic mass is 79.9. The van der Waals surface area contributed by atoms with Crippen molar-refractivity contribution in [3.63, 3.8) is 0 Å². The van der Waals surface area contributed by atoms with Crippen LogP contribution in [0.5, 0.6) is 5.75 Å². The van der Waals surface area contributed by atoms with Gasteiger partial charge in [0.15, 0.2) is 0 Å². The number of aryl methyl sites for hydroxylation is 1. The number of benzene rings is 2. The number of methoxy groups -OCH3 is 1. The number of carbonyl (C=O) groups excluding carboxylic acids is 2. The third-order valence-electron chi connectivity index (χ3n) is 5.69. The molecule has 0 spiro atoms. The predicted octanol–water partition coefficient (Wildman–Crippen LogP) is 5.02. The topological polar surface area (TPSA) is 102 Å². The summed E-state index contributed by atoms with van der Waals surface area (Å²) in [5.74, 6) is -0.507. The van der Waals surface area contributed by atoms with Crippen LogP contribution in [-0.4, -0.2) is 40.6 Å². The van der Waals surface area contributed by atoms with Gasteiger partial charge in [-0.25, -0.2) is 13.2 Å². The summed E-state index contributed by atoms with van der Waals surface area (Å²) in [6, 6.07) is 12.7. The van der Waals surface area contributed by atoms with E-state index in [9.17, 15) is 18.0 Å². The molecule has 1 aromatic heterocycles. The fourth-order valence-electron chi connectivity index (χ4n) is 4.03. The van der Waals surface area contributed by atoms with Crippen molar-refractivity contribution in [2.24, 2.45) is 0 Å². The van der Waals surface area contributed by atoms with Gasteiger partial charge in [-0.2, -0.15) is 0 Å². The van der Waals surface area contributed by atoms with E-state index in [-0.39, 0.29) is 4.90 Å². The fraction of sp³-hybridized carbons (Fsp3) is 0.280. The summed E-state index contributed by atoms with van der Waals surface area (Å²) in [7, 11) is -2.79. The Bertz CT molecular complexity index is 1370. The molecular weight excluding hydrogens is 568 g/mol. The number of anilines is 2. The van der Waals surface area contributed by atoms with Gasteiger partial charge in [-0.1, -0.05) is 15.9 Å². The molecule has 0 saturated heterocycles. The lowest BCUT2D eigenvalue weighted by molar-refractivity contribution is -0.114. The Labute approximate surface area is 222 Å². The number of hydrogen-bond acceptors (Lipinski definition) is 7. The standard InChI is InChI=1S/C25H25BrN2O6S2/c1-3-34-18-11-9-17(10-12-18)28(36(31,32)19-13-7-16(26)8-14-19)15-22(29)27-24-23(25(30)33-2)20-5-4-6-21(20)35-24/h7-14H,3-6,15H2,1-2H3,(H,27,29). The Balaban J connectivity index is 1.66. The monoisotopic (exact) mass is 592 g/mol. The van der Waals surface area contributed by atoms with Crippen LogP contribution in [0.2, 0.25) is 0 Å². The molecular formula is C25H25BrN2O6S2. The first-order valence-corrected chi connectivity index (χ1v) is 14.3. The maximum atomic E-state index is 13.6. The number of amides is 1. The van der Waals surface area contributed by atoms with Gasteiger partial charge in [0.2, 0.25) is 5.91 Å². The Hall–Kier alpha value is -2.89. The molecule has 2 aromatic carbocycles. The number of hydrogen-bond donors (Lipinski definition) is 1. The molecule has 0 bridgehead atoms. The number of ether oxygens (including phenoxy) is 2. The van der Waals surface area contributed by atoms with E-state index in [4.69, 9.17) is 9.47 Å². The van der Waals surface area contributed by atoms with Gasteiger partial charge in [0, 0.05) is 9.35 Å². The highest BCUT2D eigenvalue weighted by Gasteiger charge is 2.31. The summed E-state index contributed by atoms with van der Waals surface area (Å²) in [5.41, 5.74) is 1.55. The number of nitrogens with one attached hydrogen (secondary N) is 1. The van der Waals surface area contributed by atoms with Crippen molar-refractivity contribution in [3.8, 4) is 5.75 Å². The number of fused-ring (bicyclic) bond motifs is 1. The number of carbonyl (C=O) groups is 2. The van der Waals surface area contributed by atoms with E-state index < -0.39 is 28.4 Å². The largest absolute Gasteiger partial charge is 0.494 e. The molecule has 0 atom stereocenters. The molecule has 1 N–H and O–H groups in total. The normalized spacial score (nSPS) is 12.6. The summed E-state index contributed by atoms with van der Waals surface area (Å²) < 4.78 is 39.4. The van der Waals surface area contributed by atoms with Crippen LogP contribution in [-0.2, 0) is 32.4 Å². The fourth-order valence-corrected chi connectivity index (χ4v) is 7.01. The van der Waals surface area contributed by atoms with Crippen molar-refractivity contribution in [1.29, 1.82) is 0 Å². The number of thiophene rings is 1. The van der Waals surface area contributed by atoms with Crippen molar-refractivity contribution in [1.82, 2.24) is 0 Å². The number of nitrogens with zero attached hydrogens (tertiary/aromatic N) is 1. The number of sulfonamides is 1. The minimum atomic E-state index is -4.09. The van der Waals surface area contributed by atoms with Gasteiger partial charge in [-0.15, -0.1) is 11.3 Å². The van der Waals surface area contributed by atoms with Crippen LogP contribution in [0.4, 0.5) is 10.7 Å². The lowest BCUT2D eigenvalue weighted by Crippen LogP contribution is -2.38. The maximum absolute atomic E-state index is 13.6. The smallest absolute Gasteiger partial charge is 0.341 e. The van der Waals surface area contributed by atoms with Gasteiger partial charge < -0.3 is 14.8 Å². The summed E-state index contributed by atoms with van der Waals surface area (Å²) in [5, 5.41) is 3.14. The minimum absolute atomic E-state index is 0.0396. The van der Waals surface area contributed by atoms with Crippen LogP contribution in [0.3, 0.4) is 0 Å². The number of halogens is 1. The quantitative estimate of drug-likeness (QED) is 0.350.